The van der Waals surface area contributed by atoms with Crippen molar-refractivity contribution in [3.05, 3.63) is 65.7 Å². The van der Waals surface area contributed by atoms with Crippen molar-refractivity contribution in [1.29, 1.82) is 0 Å². The quantitative estimate of drug-likeness (QED) is 0.779. The number of methoxy groups -OCH3 is 1. The molecule has 3 amide bonds. The van der Waals surface area contributed by atoms with Gasteiger partial charge >= 0.3 is 6.03 Å². The smallest absolute Gasteiger partial charge is 0.321 e. The Morgan fingerprint density at radius 3 is 2.34 bits per heavy atom. The van der Waals surface area contributed by atoms with Crippen LogP contribution in [0.2, 0.25) is 0 Å². The van der Waals surface area contributed by atoms with Gasteiger partial charge in [-0.2, -0.15) is 0 Å². The van der Waals surface area contributed by atoms with Crippen molar-refractivity contribution in [2.24, 2.45) is 0 Å². The molecule has 0 radical (unpaired) electrons. The SMILES string of the molecule is COC[C@@H](Cc1ccccc1)N(C)C(=O)Nc1ccc(C(=O)N2CCCC2)cc1. The molecule has 0 spiro atoms. The van der Waals surface area contributed by atoms with Gasteiger partial charge in [-0.05, 0) is 49.1 Å². The molecule has 1 fully saturated rings. The molecule has 6 heteroatoms. The molecule has 6 nitrogen and oxygen atoms in total. The summed E-state index contributed by atoms with van der Waals surface area (Å²) in [4.78, 5) is 28.7. The molecule has 29 heavy (non-hydrogen) atoms. The van der Waals surface area contributed by atoms with E-state index in [-0.39, 0.29) is 18.0 Å². The number of urea groups is 1. The maximum Gasteiger partial charge on any atom is 0.321 e. The van der Waals surface area contributed by atoms with Crippen molar-refractivity contribution in [1.82, 2.24) is 9.80 Å². The molecule has 1 aliphatic rings. The molecular formula is C23H29N3O3. The minimum absolute atomic E-state index is 0.0560. The molecule has 1 N–H and O–H groups in total. The van der Waals surface area contributed by atoms with Crippen molar-refractivity contribution in [3.63, 3.8) is 0 Å². The standard InChI is InChI=1S/C23H29N3O3/c1-25(21(17-29-2)16-18-8-4-3-5-9-18)23(28)24-20-12-10-19(11-13-20)22(27)26-14-6-7-15-26/h3-5,8-13,21H,6-7,14-17H2,1-2H3,(H,24,28)/t21-/m1/s1. The monoisotopic (exact) mass is 395 g/mol. The van der Waals surface area contributed by atoms with E-state index in [4.69, 9.17) is 4.74 Å². The molecule has 1 atom stereocenters. The average Bonchev–Trinajstić information content (AvgIpc) is 3.28. The predicted octanol–water partition coefficient (Wildman–Crippen LogP) is 3.64. The largest absolute Gasteiger partial charge is 0.383 e. The molecule has 0 aliphatic carbocycles. The fourth-order valence-electron chi connectivity index (χ4n) is 3.56. The van der Waals surface area contributed by atoms with Crippen molar-refractivity contribution in [2.45, 2.75) is 25.3 Å². The first kappa shape index (κ1) is 20.9. The number of ether oxygens (including phenoxy) is 1. The van der Waals surface area contributed by atoms with Gasteiger partial charge in [0, 0.05) is 38.5 Å². The van der Waals surface area contributed by atoms with E-state index in [9.17, 15) is 9.59 Å². The summed E-state index contributed by atoms with van der Waals surface area (Å²) in [5.41, 5.74) is 2.47. The van der Waals surface area contributed by atoms with E-state index >= 15 is 0 Å². The van der Waals surface area contributed by atoms with Gasteiger partial charge in [-0.25, -0.2) is 4.79 Å². The molecule has 1 heterocycles. The Morgan fingerprint density at radius 1 is 1.07 bits per heavy atom. The Bertz CT molecular complexity index is 802. The number of amides is 3. The van der Waals surface area contributed by atoms with E-state index in [1.54, 1.807) is 43.3 Å². The lowest BCUT2D eigenvalue weighted by Gasteiger charge is -2.28. The van der Waals surface area contributed by atoms with Crippen LogP contribution in [0.1, 0.15) is 28.8 Å². The molecule has 2 aromatic carbocycles. The third kappa shape index (κ3) is 5.57. The maximum atomic E-state index is 12.7. The van der Waals surface area contributed by atoms with Gasteiger partial charge in [0.05, 0.1) is 12.6 Å². The number of nitrogens with one attached hydrogen (secondary N) is 1. The van der Waals surface area contributed by atoms with Gasteiger partial charge in [0.1, 0.15) is 0 Å². The van der Waals surface area contributed by atoms with Crippen LogP contribution >= 0.6 is 0 Å². The fourth-order valence-corrected chi connectivity index (χ4v) is 3.56. The highest BCUT2D eigenvalue weighted by Crippen LogP contribution is 2.16. The molecule has 154 valence electrons. The summed E-state index contributed by atoms with van der Waals surface area (Å²) in [5, 5.41) is 2.91. The zero-order valence-corrected chi connectivity index (χ0v) is 17.1. The van der Waals surface area contributed by atoms with Gasteiger partial charge in [-0.3, -0.25) is 4.79 Å². The number of carbonyl (C=O) groups is 2. The fraction of sp³-hybridized carbons (Fsp3) is 0.391. The van der Waals surface area contributed by atoms with Crippen molar-refractivity contribution in [3.8, 4) is 0 Å². The van der Waals surface area contributed by atoms with Crippen LogP contribution in [0.3, 0.4) is 0 Å². The normalized spacial score (nSPS) is 14.5. The van der Waals surface area contributed by atoms with Crippen LogP contribution in [0.5, 0.6) is 0 Å². The number of benzene rings is 2. The van der Waals surface area contributed by atoms with Crippen LogP contribution in [0.15, 0.2) is 54.6 Å². The summed E-state index contributed by atoms with van der Waals surface area (Å²) in [5.74, 6) is 0.0560. The Hall–Kier alpha value is -2.86. The number of hydrogen-bond donors (Lipinski definition) is 1. The minimum atomic E-state index is -0.207. The van der Waals surface area contributed by atoms with Crippen molar-refractivity contribution in [2.75, 3.05) is 39.2 Å². The average molecular weight is 396 g/mol. The number of nitrogens with zero attached hydrogens (tertiary/aromatic N) is 2. The van der Waals surface area contributed by atoms with Gasteiger partial charge in [-0.15, -0.1) is 0 Å². The highest BCUT2D eigenvalue weighted by Gasteiger charge is 2.22. The summed E-state index contributed by atoms with van der Waals surface area (Å²) in [6, 6.07) is 16.8. The topological polar surface area (TPSA) is 61.9 Å². The first-order valence-corrected chi connectivity index (χ1v) is 10.0. The predicted molar refractivity (Wildman–Crippen MR) is 114 cm³/mol. The summed E-state index contributed by atoms with van der Waals surface area (Å²) in [6.07, 6.45) is 2.84. The number of likely N-dealkylation sites (tertiary alicyclic amines) is 1. The Labute approximate surface area is 172 Å². The number of anilines is 1. The first-order chi connectivity index (χ1) is 14.1. The lowest BCUT2D eigenvalue weighted by atomic mass is 10.1. The van der Waals surface area contributed by atoms with Gasteiger partial charge < -0.3 is 19.9 Å². The lowest BCUT2D eigenvalue weighted by Crippen LogP contribution is -2.43. The first-order valence-electron chi connectivity index (χ1n) is 10.0. The van der Waals surface area contributed by atoms with Crippen LogP contribution in [0.25, 0.3) is 0 Å². The Balaban J connectivity index is 1.60. The molecule has 1 aliphatic heterocycles. The van der Waals surface area contributed by atoms with E-state index in [0.29, 0.717) is 24.3 Å². The third-order valence-corrected chi connectivity index (χ3v) is 5.32. The molecule has 3 rings (SSSR count). The number of hydrogen-bond acceptors (Lipinski definition) is 3. The van der Waals surface area contributed by atoms with Crippen LogP contribution in [0, 0.1) is 0 Å². The highest BCUT2D eigenvalue weighted by atomic mass is 16.5. The lowest BCUT2D eigenvalue weighted by molar-refractivity contribution is 0.0793. The Kier molecular flexibility index (Phi) is 7.25. The van der Waals surface area contributed by atoms with E-state index < -0.39 is 0 Å². The second kappa shape index (κ2) is 10.1. The van der Waals surface area contributed by atoms with Gasteiger partial charge in [-0.1, -0.05) is 30.3 Å². The summed E-state index contributed by atoms with van der Waals surface area (Å²) >= 11 is 0. The van der Waals surface area contributed by atoms with Gasteiger partial charge in [0.2, 0.25) is 0 Å². The molecule has 1 saturated heterocycles. The highest BCUT2D eigenvalue weighted by molar-refractivity contribution is 5.95. The van der Waals surface area contributed by atoms with E-state index in [1.807, 2.05) is 35.2 Å². The van der Waals surface area contributed by atoms with Crippen LogP contribution in [-0.2, 0) is 11.2 Å². The minimum Gasteiger partial charge on any atom is -0.383 e. The molecule has 0 saturated carbocycles. The van der Waals surface area contributed by atoms with Crippen LogP contribution in [-0.4, -0.2) is 61.6 Å². The number of carbonyl (C=O) groups excluding carboxylic acids is 2. The molecule has 0 unspecified atom stereocenters. The second-order valence-electron chi connectivity index (χ2n) is 7.42. The summed E-state index contributed by atoms with van der Waals surface area (Å²) in [7, 11) is 3.41. The third-order valence-electron chi connectivity index (χ3n) is 5.32. The maximum absolute atomic E-state index is 12.7. The number of likely N-dealkylation sites (N-methyl/N-ethyl adjacent to an activating group) is 1. The zero-order chi connectivity index (χ0) is 20.6. The van der Waals surface area contributed by atoms with E-state index in [1.165, 1.54) is 0 Å². The zero-order valence-electron chi connectivity index (χ0n) is 17.1. The van der Waals surface area contributed by atoms with Crippen molar-refractivity contribution >= 4 is 17.6 Å². The molecule has 0 aromatic heterocycles. The number of rotatable bonds is 7. The van der Waals surface area contributed by atoms with E-state index in [2.05, 4.69) is 5.32 Å². The molecule has 0 bridgehead atoms. The summed E-state index contributed by atoms with van der Waals surface area (Å²) < 4.78 is 5.32. The second-order valence-corrected chi connectivity index (χ2v) is 7.42. The van der Waals surface area contributed by atoms with Gasteiger partial charge in [0.25, 0.3) is 5.91 Å². The van der Waals surface area contributed by atoms with Crippen LogP contribution in [0.4, 0.5) is 10.5 Å². The van der Waals surface area contributed by atoms with E-state index in [0.717, 1.165) is 31.5 Å². The van der Waals surface area contributed by atoms with Crippen LogP contribution < -0.4 is 5.32 Å². The Morgan fingerprint density at radius 2 is 1.72 bits per heavy atom. The summed E-state index contributed by atoms with van der Waals surface area (Å²) in [6.45, 7) is 2.09. The van der Waals surface area contributed by atoms with Crippen molar-refractivity contribution < 1.29 is 14.3 Å². The molecule has 2 aromatic rings. The molecular weight excluding hydrogens is 366 g/mol. The van der Waals surface area contributed by atoms with Gasteiger partial charge in [0.15, 0.2) is 0 Å².